The highest BCUT2D eigenvalue weighted by Gasteiger charge is 2.49. The van der Waals surface area contributed by atoms with Crippen molar-refractivity contribution in [3.63, 3.8) is 0 Å². The van der Waals surface area contributed by atoms with E-state index < -0.39 is 11.0 Å². The fourth-order valence-corrected chi connectivity index (χ4v) is 6.06. The maximum atomic E-state index is 13.3. The molecule has 0 aromatic heterocycles. The van der Waals surface area contributed by atoms with Crippen LogP contribution in [0.15, 0.2) is 23.2 Å². The molecule has 28 heavy (non-hydrogen) atoms. The van der Waals surface area contributed by atoms with Crippen LogP contribution in [0.3, 0.4) is 0 Å². The summed E-state index contributed by atoms with van der Waals surface area (Å²) in [6.07, 6.45) is 3.92. The van der Waals surface area contributed by atoms with Crippen LogP contribution in [-0.2, 0) is 9.79 Å². The molecule has 152 valence electrons. The number of aryl methyl sites for hydroxylation is 3. The van der Waals surface area contributed by atoms with Gasteiger partial charge in [-0.25, -0.2) is 4.79 Å². The number of rotatable bonds is 3. The van der Waals surface area contributed by atoms with Gasteiger partial charge in [-0.1, -0.05) is 36.4 Å². The standard InChI is InChI=1S/C22H31N3O2S/c1-13-6-8-18(9-7-13)20(26)24-22(25(21(23)27)17(5)12-28-22)19-15(3)10-14(2)11-16(19)4/h10-13,18H,6-9H2,1-5H3,(H2,23,27)(H,24,26). The lowest BCUT2D eigenvalue weighted by atomic mass is 9.82. The summed E-state index contributed by atoms with van der Waals surface area (Å²) in [5, 5.41) is 5.16. The summed E-state index contributed by atoms with van der Waals surface area (Å²) in [5.74, 6) is 0.662. The van der Waals surface area contributed by atoms with E-state index in [4.69, 9.17) is 5.73 Å². The lowest BCUT2D eigenvalue weighted by Gasteiger charge is -2.41. The quantitative estimate of drug-likeness (QED) is 0.774. The molecule has 3 rings (SSSR count). The minimum Gasteiger partial charge on any atom is -0.351 e. The summed E-state index contributed by atoms with van der Waals surface area (Å²) in [4.78, 5) is 26.2. The molecule has 3 N–H and O–H groups in total. The second-order valence-electron chi connectivity index (χ2n) is 8.41. The van der Waals surface area contributed by atoms with E-state index in [9.17, 15) is 9.59 Å². The number of nitrogens with one attached hydrogen (secondary N) is 1. The number of hydrogen-bond acceptors (Lipinski definition) is 3. The normalized spacial score (nSPS) is 27.5. The monoisotopic (exact) mass is 401 g/mol. The molecule has 1 aliphatic carbocycles. The summed E-state index contributed by atoms with van der Waals surface area (Å²) >= 11 is 1.45. The van der Waals surface area contributed by atoms with Gasteiger partial charge in [0.15, 0.2) is 0 Å². The molecule has 6 heteroatoms. The van der Waals surface area contributed by atoms with Gasteiger partial charge in [0, 0.05) is 17.2 Å². The molecule has 1 heterocycles. The molecule has 1 aromatic carbocycles. The van der Waals surface area contributed by atoms with Gasteiger partial charge in [-0.3, -0.25) is 9.69 Å². The Hall–Kier alpha value is -1.95. The van der Waals surface area contributed by atoms with E-state index >= 15 is 0 Å². The highest BCUT2D eigenvalue weighted by Crippen LogP contribution is 2.49. The van der Waals surface area contributed by atoms with Crippen LogP contribution in [0.4, 0.5) is 4.79 Å². The number of carbonyl (C=O) groups is 2. The number of nitrogens with zero attached hydrogens (tertiary/aromatic N) is 1. The summed E-state index contributed by atoms with van der Waals surface area (Å²) in [5.41, 5.74) is 10.7. The molecule has 1 aromatic rings. The first-order chi connectivity index (χ1) is 13.2. The third kappa shape index (κ3) is 3.66. The molecular weight excluding hydrogens is 370 g/mol. The summed E-state index contributed by atoms with van der Waals surface area (Å²) < 4.78 is 0. The number of amides is 3. The summed E-state index contributed by atoms with van der Waals surface area (Å²) in [7, 11) is 0. The van der Waals surface area contributed by atoms with Crippen LogP contribution in [0.25, 0.3) is 0 Å². The summed E-state index contributed by atoms with van der Waals surface area (Å²) in [6, 6.07) is 3.62. The van der Waals surface area contributed by atoms with Crippen molar-refractivity contribution in [2.75, 3.05) is 0 Å². The molecule has 5 nitrogen and oxygen atoms in total. The molecule has 1 fully saturated rings. The van der Waals surface area contributed by atoms with E-state index in [-0.39, 0.29) is 11.8 Å². The Morgan fingerprint density at radius 1 is 1.11 bits per heavy atom. The van der Waals surface area contributed by atoms with Crippen LogP contribution in [0.1, 0.15) is 61.8 Å². The first kappa shape index (κ1) is 20.8. The first-order valence-electron chi connectivity index (χ1n) is 10.00. The molecule has 0 saturated heterocycles. The van der Waals surface area contributed by atoms with Gasteiger partial charge < -0.3 is 11.1 Å². The maximum Gasteiger partial charge on any atom is 0.321 e. The summed E-state index contributed by atoms with van der Waals surface area (Å²) in [6.45, 7) is 10.2. The van der Waals surface area contributed by atoms with Crippen molar-refractivity contribution in [1.82, 2.24) is 10.2 Å². The Bertz CT molecular complexity index is 804. The second-order valence-corrected chi connectivity index (χ2v) is 9.48. The van der Waals surface area contributed by atoms with E-state index in [2.05, 4.69) is 31.3 Å². The zero-order valence-corrected chi connectivity index (χ0v) is 18.3. The molecule has 0 bridgehead atoms. The molecule has 3 amide bonds. The second kappa shape index (κ2) is 7.82. The van der Waals surface area contributed by atoms with Gasteiger partial charge in [0.25, 0.3) is 0 Å². The number of allylic oxidation sites excluding steroid dienone is 1. The van der Waals surface area contributed by atoms with Gasteiger partial charge in [-0.15, -0.1) is 0 Å². The van der Waals surface area contributed by atoms with E-state index in [0.29, 0.717) is 5.92 Å². The zero-order chi connectivity index (χ0) is 20.6. The molecular formula is C22H31N3O2S. The van der Waals surface area contributed by atoms with Crippen LogP contribution < -0.4 is 11.1 Å². The zero-order valence-electron chi connectivity index (χ0n) is 17.5. The minimum absolute atomic E-state index is 0.00752. The minimum atomic E-state index is -1.03. The average molecular weight is 402 g/mol. The highest BCUT2D eigenvalue weighted by atomic mass is 32.2. The highest BCUT2D eigenvalue weighted by molar-refractivity contribution is 8.03. The Morgan fingerprint density at radius 3 is 2.21 bits per heavy atom. The largest absolute Gasteiger partial charge is 0.351 e. The van der Waals surface area contributed by atoms with Crippen LogP contribution in [0, 0.1) is 32.6 Å². The van der Waals surface area contributed by atoms with Gasteiger partial charge in [0.05, 0.1) is 0 Å². The lowest BCUT2D eigenvalue weighted by Crippen LogP contribution is -2.58. The molecule has 1 saturated carbocycles. The molecule has 2 aliphatic rings. The number of primary amides is 1. The predicted molar refractivity (Wildman–Crippen MR) is 114 cm³/mol. The van der Waals surface area contributed by atoms with Gasteiger partial charge in [0.2, 0.25) is 10.9 Å². The Kier molecular flexibility index (Phi) is 5.80. The lowest BCUT2D eigenvalue weighted by molar-refractivity contribution is -0.128. The predicted octanol–water partition coefficient (Wildman–Crippen LogP) is 4.65. The van der Waals surface area contributed by atoms with Crippen molar-refractivity contribution >= 4 is 23.7 Å². The number of benzene rings is 1. The molecule has 1 atom stereocenters. The number of urea groups is 1. The van der Waals surface area contributed by atoms with Crippen molar-refractivity contribution in [3.05, 3.63) is 45.5 Å². The Labute approximate surface area is 172 Å². The van der Waals surface area contributed by atoms with Gasteiger partial charge >= 0.3 is 6.03 Å². The van der Waals surface area contributed by atoms with Crippen LogP contribution in [0.5, 0.6) is 0 Å². The van der Waals surface area contributed by atoms with Crippen LogP contribution in [0.2, 0.25) is 0 Å². The van der Waals surface area contributed by atoms with Gasteiger partial charge in [0.1, 0.15) is 0 Å². The van der Waals surface area contributed by atoms with Crippen molar-refractivity contribution in [2.45, 2.75) is 65.3 Å². The number of carbonyl (C=O) groups excluding carboxylic acids is 2. The molecule has 1 aliphatic heterocycles. The van der Waals surface area contributed by atoms with Crippen LogP contribution in [-0.4, -0.2) is 16.8 Å². The van der Waals surface area contributed by atoms with E-state index in [1.165, 1.54) is 16.7 Å². The number of nitrogens with two attached hydrogens (primary N) is 1. The van der Waals surface area contributed by atoms with E-state index in [1.807, 2.05) is 26.2 Å². The number of hydrogen-bond donors (Lipinski definition) is 2. The molecule has 0 radical (unpaired) electrons. The van der Waals surface area contributed by atoms with Crippen molar-refractivity contribution < 1.29 is 9.59 Å². The molecule has 1 unspecified atom stereocenters. The number of thioether (sulfide) groups is 1. The van der Waals surface area contributed by atoms with Gasteiger partial charge in [-0.05, 0) is 75.8 Å². The third-order valence-electron chi connectivity index (χ3n) is 5.98. The van der Waals surface area contributed by atoms with E-state index in [0.717, 1.165) is 53.6 Å². The molecule has 0 spiro atoms. The first-order valence-corrected chi connectivity index (χ1v) is 10.9. The van der Waals surface area contributed by atoms with Crippen LogP contribution >= 0.6 is 11.8 Å². The van der Waals surface area contributed by atoms with Crippen molar-refractivity contribution in [2.24, 2.45) is 17.6 Å². The maximum absolute atomic E-state index is 13.3. The van der Waals surface area contributed by atoms with Crippen molar-refractivity contribution in [3.8, 4) is 0 Å². The smallest absolute Gasteiger partial charge is 0.321 e. The van der Waals surface area contributed by atoms with Crippen molar-refractivity contribution in [1.29, 1.82) is 0 Å². The fraction of sp³-hybridized carbons (Fsp3) is 0.545. The third-order valence-corrected chi connectivity index (χ3v) is 7.27. The van der Waals surface area contributed by atoms with E-state index in [1.54, 1.807) is 0 Å². The fourth-order valence-electron chi connectivity index (χ4n) is 4.68. The topological polar surface area (TPSA) is 75.4 Å². The van der Waals surface area contributed by atoms with Gasteiger partial charge in [-0.2, -0.15) is 0 Å². The SMILES string of the molecule is CC1=CSC(NC(=O)C2CCC(C)CC2)(c2c(C)cc(C)cc2C)N1C(N)=O. The Morgan fingerprint density at radius 2 is 1.68 bits per heavy atom. The Balaban J connectivity index is 2.04. The average Bonchev–Trinajstić information content (AvgIpc) is 2.91.